The van der Waals surface area contributed by atoms with Gasteiger partial charge in [-0.3, -0.25) is 10.1 Å². The summed E-state index contributed by atoms with van der Waals surface area (Å²) < 4.78 is 33.2. The minimum Gasteiger partial charge on any atom is -0.424 e. The first kappa shape index (κ1) is 21.2. The first-order chi connectivity index (χ1) is 13.9. The minimum absolute atomic E-state index is 0.0600. The van der Waals surface area contributed by atoms with Crippen molar-refractivity contribution in [3.05, 3.63) is 52.9 Å². The predicted octanol–water partition coefficient (Wildman–Crippen LogP) is 4.63. The van der Waals surface area contributed by atoms with Gasteiger partial charge in [-0.25, -0.2) is 13.8 Å². The van der Waals surface area contributed by atoms with Gasteiger partial charge in [-0.2, -0.15) is 0 Å². The lowest BCUT2D eigenvalue weighted by atomic mass is 9.87. The van der Waals surface area contributed by atoms with E-state index in [1.165, 1.54) is 6.07 Å². The molecule has 0 fully saturated rings. The molecule has 156 valence electrons. The number of aromatic nitrogens is 1. The molecule has 2 N–H and O–H groups in total. The van der Waals surface area contributed by atoms with Crippen LogP contribution < -0.4 is 10.6 Å². The maximum Gasteiger partial charge on any atom is 0.301 e. The average Bonchev–Trinajstić information content (AvgIpc) is 3.15. The number of amides is 1. The number of nitrogens with one attached hydrogen (secondary N) is 2. The monoisotopic (exact) mass is 403 g/mol. The molecule has 1 aromatic heterocycles. The molecule has 1 amide bonds. The molecule has 29 heavy (non-hydrogen) atoms. The van der Waals surface area contributed by atoms with Crippen molar-refractivity contribution in [2.24, 2.45) is 0 Å². The van der Waals surface area contributed by atoms with Gasteiger partial charge in [-0.1, -0.05) is 19.4 Å². The maximum absolute atomic E-state index is 14.2. The Bertz CT molecular complexity index is 907. The second-order valence-electron chi connectivity index (χ2n) is 7.46. The van der Waals surface area contributed by atoms with E-state index in [1.54, 1.807) is 6.20 Å². The van der Waals surface area contributed by atoms with Crippen molar-refractivity contribution in [3.63, 3.8) is 0 Å². The Kier molecular flexibility index (Phi) is 6.79. The lowest BCUT2D eigenvalue weighted by Crippen LogP contribution is -2.48. The highest BCUT2D eigenvalue weighted by atomic mass is 19.1. The van der Waals surface area contributed by atoms with Crippen LogP contribution in [0.1, 0.15) is 56.9 Å². The van der Waals surface area contributed by atoms with E-state index in [0.29, 0.717) is 42.6 Å². The molecule has 1 aliphatic carbocycles. The van der Waals surface area contributed by atoms with Gasteiger partial charge in [0.05, 0.1) is 12.2 Å². The molecule has 0 spiro atoms. The number of rotatable bonds is 7. The number of hydrogen-bond acceptors (Lipinski definition) is 4. The normalized spacial score (nSPS) is 17.7. The lowest BCUT2D eigenvalue weighted by molar-refractivity contribution is -0.118. The molecule has 1 aromatic carbocycles. The first-order valence-electron chi connectivity index (χ1n) is 10.0. The van der Waals surface area contributed by atoms with Crippen molar-refractivity contribution < 1.29 is 18.0 Å². The Morgan fingerprint density at radius 2 is 2.21 bits per heavy atom. The second-order valence-corrected chi connectivity index (χ2v) is 7.46. The summed E-state index contributed by atoms with van der Waals surface area (Å²) in [6.45, 7) is 5.80. The third-order valence-corrected chi connectivity index (χ3v) is 5.35. The summed E-state index contributed by atoms with van der Waals surface area (Å²) in [5.41, 5.74) is 2.18. The Balaban J connectivity index is 1.66. The minimum atomic E-state index is -0.547. The van der Waals surface area contributed by atoms with Crippen LogP contribution in [0.25, 0.3) is 5.57 Å². The van der Waals surface area contributed by atoms with Crippen LogP contribution in [0.3, 0.4) is 0 Å². The van der Waals surface area contributed by atoms with E-state index in [1.807, 2.05) is 26.8 Å². The van der Waals surface area contributed by atoms with Crippen LogP contribution >= 0.6 is 0 Å². The van der Waals surface area contributed by atoms with Crippen LogP contribution in [0.5, 0.6) is 0 Å². The summed E-state index contributed by atoms with van der Waals surface area (Å²) >= 11 is 0. The van der Waals surface area contributed by atoms with Gasteiger partial charge in [0.15, 0.2) is 5.76 Å². The number of aryl methyl sites for hydroxylation is 1. The Labute approximate surface area is 169 Å². The topological polar surface area (TPSA) is 67.2 Å². The van der Waals surface area contributed by atoms with Gasteiger partial charge in [0, 0.05) is 12.1 Å². The van der Waals surface area contributed by atoms with Crippen molar-refractivity contribution in [2.75, 3.05) is 5.32 Å². The van der Waals surface area contributed by atoms with Gasteiger partial charge < -0.3 is 9.73 Å². The maximum atomic E-state index is 14.2. The highest BCUT2D eigenvalue weighted by molar-refractivity contribution is 5.93. The van der Waals surface area contributed by atoms with Gasteiger partial charge in [0.2, 0.25) is 5.91 Å². The summed E-state index contributed by atoms with van der Waals surface area (Å²) in [6.07, 6.45) is 6.64. The Morgan fingerprint density at radius 3 is 2.93 bits per heavy atom. The predicted molar refractivity (Wildman–Crippen MR) is 108 cm³/mol. The highest BCUT2D eigenvalue weighted by Crippen LogP contribution is 2.26. The zero-order valence-electron chi connectivity index (χ0n) is 17.0. The molecular weight excluding hydrogens is 376 g/mol. The van der Waals surface area contributed by atoms with Gasteiger partial charge in [0.1, 0.15) is 11.6 Å². The van der Waals surface area contributed by atoms with E-state index >= 15 is 0 Å². The summed E-state index contributed by atoms with van der Waals surface area (Å²) in [6, 6.07) is 1.97. The van der Waals surface area contributed by atoms with Crippen LogP contribution in [-0.4, -0.2) is 23.0 Å². The molecule has 0 aliphatic heterocycles. The van der Waals surface area contributed by atoms with Crippen LogP contribution in [0.2, 0.25) is 0 Å². The van der Waals surface area contributed by atoms with Gasteiger partial charge in [-0.05, 0) is 62.3 Å². The molecule has 1 unspecified atom stereocenters. The third-order valence-electron chi connectivity index (χ3n) is 5.35. The Morgan fingerprint density at radius 1 is 1.41 bits per heavy atom. The molecule has 3 rings (SSSR count). The SMILES string of the molecule is C/C=C(\C)c1cnc(NC(=O)[C@H](CCC)NC2CCc3cc(F)cc(F)c3C2)o1. The van der Waals surface area contributed by atoms with Crippen molar-refractivity contribution >= 4 is 17.5 Å². The molecular formula is C22H27F2N3O2. The summed E-state index contributed by atoms with van der Waals surface area (Å²) in [7, 11) is 0. The van der Waals surface area contributed by atoms with E-state index in [2.05, 4.69) is 15.6 Å². The number of halogens is 2. The molecule has 5 nitrogen and oxygen atoms in total. The number of benzene rings is 1. The lowest BCUT2D eigenvalue weighted by Gasteiger charge is -2.29. The van der Waals surface area contributed by atoms with Crippen molar-refractivity contribution in [1.82, 2.24) is 10.3 Å². The number of hydrogen-bond donors (Lipinski definition) is 2. The van der Waals surface area contributed by atoms with E-state index in [-0.39, 0.29) is 18.0 Å². The largest absolute Gasteiger partial charge is 0.424 e. The number of anilines is 1. The standard InChI is InChI=1S/C22H27F2N3O2/c1-4-6-19(21(28)27-22-25-12-20(29-22)13(3)5-2)26-16-8-7-14-9-15(23)10-18(24)17(14)11-16/h5,9-10,12,16,19,26H,4,6-8,11H2,1-3H3,(H,25,27,28)/b13-5+/t16?,19-/m0/s1. The van der Waals surface area contributed by atoms with Crippen molar-refractivity contribution in [1.29, 1.82) is 0 Å². The molecule has 0 saturated heterocycles. The smallest absolute Gasteiger partial charge is 0.301 e. The molecule has 2 atom stereocenters. The zero-order chi connectivity index (χ0) is 21.0. The van der Waals surface area contributed by atoms with E-state index in [4.69, 9.17) is 4.42 Å². The van der Waals surface area contributed by atoms with E-state index in [0.717, 1.165) is 18.1 Å². The van der Waals surface area contributed by atoms with Crippen molar-refractivity contribution in [3.8, 4) is 0 Å². The quantitative estimate of drug-likeness (QED) is 0.707. The van der Waals surface area contributed by atoms with E-state index < -0.39 is 17.7 Å². The van der Waals surface area contributed by atoms with Crippen molar-refractivity contribution in [2.45, 2.75) is 65.0 Å². The summed E-state index contributed by atoms with van der Waals surface area (Å²) in [5, 5.41) is 6.07. The van der Waals surface area contributed by atoms with Crippen LogP contribution in [0.15, 0.2) is 28.8 Å². The number of oxazole rings is 1. The highest BCUT2D eigenvalue weighted by Gasteiger charge is 2.27. The Hall–Kier alpha value is -2.54. The number of allylic oxidation sites excluding steroid dienone is 2. The molecule has 2 aromatic rings. The molecule has 1 aliphatic rings. The number of nitrogens with zero attached hydrogens (tertiary/aromatic N) is 1. The summed E-state index contributed by atoms with van der Waals surface area (Å²) in [4.78, 5) is 16.9. The van der Waals surface area contributed by atoms with Gasteiger partial charge in [0.25, 0.3) is 0 Å². The third kappa shape index (κ3) is 5.09. The fourth-order valence-electron chi connectivity index (χ4n) is 3.64. The average molecular weight is 403 g/mol. The fraction of sp³-hybridized carbons (Fsp3) is 0.455. The van der Waals surface area contributed by atoms with Crippen LogP contribution in [0, 0.1) is 11.6 Å². The second kappa shape index (κ2) is 9.31. The molecule has 1 heterocycles. The fourth-order valence-corrected chi connectivity index (χ4v) is 3.64. The summed E-state index contributed by atoms with van der Waals surface area (Å²) in [5.74, 6) is -0.692. The van der Waals surface area contributed by atoms with E-state index in [9.17, 15) is 13.6 Å². The van der Waals surface area contributed by atoms with Gasteiger partial charge in [-0.15, -0.1) is 0 Å². The number of carbonyl (C=O) groups is 1. The van der Waals surface area contributed by atoms with Crippen LogP contribution in [-0.2, 0) is 17.6 Å². The zero-order valence-corrected chi connectivity index (χ0v) is 17.0. The molecule has 7 heteroatoms. The number of carbonyl (C=O) groups excluding carboxylic acids is 1. The number of fused-ring (bicyclic) bond motifs is 1. The van der Waals surface area contributed by atoms with Crippen LogP contribution in [0.4, 0.5) is 14.8 Å². The first-order valence-corrected chi connectivity index (χ1v) is 10.0. The van der Waals surface area contributed by atoms with Gasteiger partial charge >= 0.3 is 6.01 Å². The molecule has 0 radical (unpaired) electrons. The molecule has 0 saturated carbocycles. The molecule has 0 bridgehead atoms.